The first kappa shape index (κ1) is 16.5. The fourth-order valence-corrected chi connectivity index (χ4v) is 5.00. The topological polar surface area (TPSA) is 54.4 Å². The van der Waals surface area contributed by atoms with Gasteiger partial charge in [-0.25, -0.2) is 4.79 Å². The molecule has 0 spiro atoms. The molecular weight excluding hydrogens is 264 g/mol. The van der Waals surface area contributed by atoms with E-state index >= 15 is 0 Å². The number of hydrogen-bond acceptors (Lipinski definition) is 2. The average molecular weight is 294 g/mol. The number of rotatable bonds is 4. The minimum Gasteiger partial charge on any atom is -0.475 e. The van der Waals surface area contributed by atoms with Crippen LogP contribution in [0.5, 0.6) is 0 Å². The second-order valence-electron chi connectivity index (χ2n) is 7.78. The number of carboxylic acids is 1. The molecule has 2 aliphatic carbocycles. The molecule has 3 atom stereocenters. The number of carbonyl (C=O) groups excluding carboxylic acids is 1. The van der Waals surface area contributed by atoms with Crippen molar-refractivity contribution >= 4 is 11.8 Å². The van der Waals surface area contributed by atoms with Crippen LogP contribution in [0.1, 0.15) is 72.1 Å². The SMILES string of the molecule is CC1CCC(C(C)C)C(C2(C(=O)C(=O)O)CCCCC2)C1. The number of hydrogen-bond donors (Lipinski definition) is 1. The summed E-state index contributed by atoms with van der Waals surface area (Å²) in [5.41, 5.74) is -0.576. The van der Waals surface area contributed by atoms with E-state index in [0.29, 0.717) is 17.8 Å². The molecule has 0 aromatic heterocycles. The van der Waals surface area contributed by atoms with Gasteiger partial charge in [-0.3, -0.25) is 4.79 Å². The lowest BCUT2D eigenvalue weighted by Crippen LogP contribution is -2.49. The lowest BCUT2D eigenvalue weighted by atomic mass is 9.53. The summed E-state index contributed by atoms with van der Waals surface area (Å²) in [6.45, 7) is 6.72. The normalized spacial score (nSPS) is 32.9. The fraction of sp³-hybridized carbons (Fsp3) is 0.889. The zero-order chi connectivity index (χ0) is 15.6. The molecule has 0 heterocycles. The van der Waals surface area contributed by atoms with Crippen LogP contribution in [0.2, 0.25) is 0 Å². The highest BCUT2D eigenvalue weighted by Crippen LogP contribution is 2.53. The summed E-state index contributed by atoms with van der Waals surface area (Å²) in [5, 5.41) is 9.37. The summed E-state index contributed by atoms with van der Waals surface area (Å²) >= 11 is 0. The molecule has 3 heteroatoms. The van der Waals surface area contributed by atoms with Gasteiger partial charge in [0, 0.05) is 5.41 Å². The van der Waals surface area contributed by atoms with Crippen molar-refractivity contribution in [3.05, 3.63) is 0 Å². The minimum atomic E-state index is -1.21. The Hall–Kier alpha value is -0.860. The molecule has 3 nitrogen and oxygen atoms in total. The molecule has 0 bridgehead atoms. The Morgan fingerprint density at radius 1 is 1.10 bits per heavy atom. The quantitative estimate of drug-likeness (QED) is 0.786. The van der Waals surface area contributed by atoms with Crippen LogP contribution in [0, 0.1) is 29.1 Å². The molecular formula is C18H30O3. The van der Waals surface area contributed by atoms with E-state index in [9.17, 15) is 14.7 Å². The van der Waals surface area contributed by atoms with Crippen LogP contribution < -0.4 is 0 Å². The van der Waals surface area contributed by atoms with Crippen LogP contribution in [0.4, 0.5) is 0 Å². The summed E-state index contributed by atoms with van der Waals surface area (Å²) in [7, 11) is 0. The van der Waals surface area contributed by atoms with Gasteiger partial charge < -0.3 is 5.11 Å². The van der Waals surface area contributed by atoms with Gasteiger partial charge in [-0.15, -0.1) is 0 Å². The Morgan fingerprint density at radius 2 is 1.71 bits per heavy atom. The highest BCUT2D eigenvalue weighted by molar-refractivity contribution is 6.35. The summed E-state index contributed by atoms with van der Waals surface area (Å²) < 4.78 is 0. The highest BCUT2D eigenvalue weighted by Gasteiger charge is 2.52. The maximum atomic E-state index is 12.6. The van der Waals surface area contributed by atoms with Gasteiger partial charge in [0.25, 0.3) is 0 Å². The third-order valence-corrected chi connectivity index (χ3v) is 6.12. The van der Waals surface area contributed by atoms with E-state index in [-0.39, 0.29) is 5.92 Å². The first-order valence-electron chi connectivity index (χ1n) is 8.66. The molecule has 3 unspecified atom stereocenters. The molecule has 2 rings (SSSR count). The Labute approximate surface area is 128 Å². The van der Waals surface area contributed by atoms with Crippen LogP contribution in [0.25, 0.3) is 0 Å². The molecule has 120 valence electrons. The Kier molecular flexibility index (Phi) is 5.11. The number of aliphatic carboxylic acids is 1. The summed E-state index contributed by atoms with van der Waals surface area (Å²) in [6, 6.07) is 0. The van der Waals surface area contributed by atoms with Gasteiger partial charge in [0.05, 0.1) is 0 Å². The smallest absolute Gasteiger partial charge is 0.372 e. The van der Waals surface area contributed by atoms with E-state index < -0.39 is 17.2 Å². The zero-order valence-corrected chi connectivity index (χ0v) is 13.7. The molecule has 0 aliphatic heterocycles. The molecule has 2 saturated carbocycles. The highest BCUT2D eigenvalue weighted by atomic mass is 16.4. The maximum absolute atomic E-state index is 12.6. The first-order valence-corrected chi connectivity index (χ1v) is 8.66. The van der Waals surface area contributed by atoms with E-state index in [1.54, 1.807) is 0 Å². The molecule has 0 saturated heterocycles. The van der Waals surface area contributed by atoms with Crippen molar-refractivity contribution in [2.24, 2.45) is 29.1 Å². The van der Waals surface area contributed by atoms with Crippen molar-refractivity contribution < 1.29 is 14.7 Å². The van der Waals surface area contributed by atoms with E-state index in [2.05, 4.69) is 20.8 Å². The summed E-state index contributed by atoms with van der Waals surface area (Å²) in [6.07, 6.45) is 8.14. The zero-order valence-electron chi connectivity index (χ0n) is 13.7. The molecule has 1 N–H and O–H groups in total. The Morgan fingerprint density at radius 3 is 2.24 bits per heavy atom. The van der Waals surface area contributed by atoms with Crippen LogP contribution >= 0.6 is 0 Å². The van der Waals surface area contributed by atoms with E-state index in [0.717, 1.165) is 44.9 Å². The molecule has 2 aliphatic rings. The van der Waals surface area contributed by atoms with Crippen LogP contribution in [0.3, 0.4) is 0 Å². The van der Waals surface area contributed by atoms with Gasteiger partial charge in [-0.1, -0.05) is 46.5 Å². The van der Waals surface area contributed by atoms with Gasteiger partial charge in [0.15, 0.2) is 0 Å². The van der Waals surface area contributed by atoms with Crippen molar-refractivity contribution in [3.63, 3.8) is 0 Å². The molecule has 0 amide bonds. The Bertz CT molecular complexity index is 393. The van der Waals surface area contributed by atoms with Crippen molar-refractivity contribution in [1.29, 1.82) is 0 Å². The second-order valence-corrected chi connectivity index (χ2v) is 7.78. The predicted molar refractivity (Wildman–Crippen MR) is 83.0 cm³/mol. The summed E-state index contributed by atoms with van der Waals surface area (Å²) in [4.78, 5) is 24.0. The number of carbonyl (C=O) groups is 2. The van der Waals surface area contributed by atoms with Gasteiger partial charge >= 0.3 is 5.97 Å². The standard InChI is InChI=1S/C18H30O3/c1-12(2)14-8-7-13(3)11-15(14)18(16(19)17(20)21)9-5-4-6-10-18/h12-15H,4-11H2,1-3H3,(H,20,21). The van der Waals surface area contributed by atoms with Crippen molar-refractivity contribution in [1.82, 2.24) is 0 Å². The van der Waals surface area contributed by atoms with Gasteiger partial charge in [0.1, 0.15) is 0 Å². The predicted octanol–water partition coefficient (Wildman–Crippen LogP) is 4.30. The second kappa shape index (κ2) is 6.50. The van der Waals surface area contributed by atoms with Crippen molar-refractivity contribution in [2.75, 3.05) is 0 Å². The first-order chi connectivity index (χ1) is 9.88. The monoisotopic (exact) mass is 294 g/mol. The van der Waals surface area contributed by atoms with Gasteiger partial charge in [-0.2, -0.15) is 0 Å². The van der Waals surface area contributed by atoms with Crippen molar-refractivity contribution in [3.8, 4) is 0 Å². The average Bonchev–Trinajstić information content (AvgIpc) is 2.46. The number of carboxylic acid groups (broad SMARTS) is 1. The third kappa shape index (κ3) is 3.17. The lowest BCUT2D eigenvalue weighted by molar-refractivity contribution is -0.160. The fourth-order valence-electron chi connectivity index (χ4n) is 5.00. The Balaban J connectivity index is 2.37. The summed E-state index contributed by atoms with van der Waals surface area (Å²) in [5.74, 6) is 0.214. The van der Waals surface area contributed by atoms with E-state index in [1.807, 2.05) is 0 Å². The number of Topliss-reactive ketones (excluding diaryl/α,β-unsaturated/α-hetero) is 1. The van der Waals surface area contributed by atoms with Crippen LogP contribution in [0.15, 0.2) is 0 Å². The third-order valence-electron chi connectivity index (χ3n) is 6.12. The van der Waals surface area contributed by atoms with Gasteiger partial charge in [-0.05, 0) is 49.4 Å². The lowest BCUT2D eigenvalue weighted by Gasteiger charge is -2.49. The molecule has 0 aromatic rings. The molecule has 21 heavy (non-hydrogen) atoms. The van der Waals surface area contributed by atoms with Crippen LogP contribution in [-0.4, -0.2) is 16.9 Å². The minimum absolute atomic E-state index is 0.269. The van der Waals surface area contributed by atoms with Crippen molar-refractivity contribution in [2.45, 2.75) is 72.1 Å². The molecule has 2 fully saturated rings. The van der Waals surface area contributed by atoms with Crippen LogP contribution in [-0.2, 0) is 9.59 Å². The number of ketones is 1. The van der Waals surface area contributed by atoms with E-state index in [4.69, 9.17) is 0 Å². The largest absolute Gasteiger partial charge is 0.475 e. The van der Waals surface area contributed by atoms with Gasteiger partial charge in [0.2, 0.25) is 5.78 Å². The van der Waals surface area contributed by atoms with E-state index in [1.165, 1.54) is 6.42 Å². The maximum Gasteiger partial charge on any atom is 0.372 e. The molecule has 0 radical (unpaired) electrons. The molecule has 0 aromatic carbocycles.